The SMILES string of the molecule is CSCCNC(=O)N1c2ccccc2CC1C(=O)O. The zero-order valence-electron chi connectivity index (χ0n) is 10.6. The van der Waals surface area contributed by atoms with E-state index < -0.39 is 12.0 Å². The molecule has 1 aliphatic rings. The molecule has 0 bridgehead atoms. The lowest BCUT2D eigenvalue weighted by molar-refractivity contribution is -0.138. The summed E-state index contributed by atoms with van der Waals surface area (Å²) in [6.45, 7) is 0.533. The minimum Gasteiger partial charge on any atom is -0.480 e. The lowest BCUT2D eigenvalue weighted by Gasteiger charge is -2.22. The number of fused-ring (bicyclic) bond motifs is 1. The molecule has 1 heterocycles. The summed E-state index contributed by atoms with van der Waals surface area (Å²) in [4.78, 5) is 24.8. The first kappa shape index (κ1) is 13.7. The van der Waals surface area contributed by atoms with Gasteiger partial charge in [0.25, 0.3) is 0 Å². The zero-order valence-corrected chi connectivity index (χ0v) is 11.4. The maximum atomic E-state index is 12.1. The van der Waals surface area contributed by atoms with Crippen LogP contribution in [0.25, 0.3) is 0 Å². The Bertz CT molecular complexity index is 493. The van der Waals surface area contributed by atoms with E-state index in [9.17, 15) is 14.7 Å². The molecule has 1 aromatic carbocycles. The molecule has 2 amide bonds. The third-order valence-electron chi connectivity index (χ3n) is 3.06. The molecular weight excluding hydrogens is 264 g/mol. The number of anilines is 1. The van der Waals surface area contributed by atoms with Crippen molar-refractivity contribution in [3.8, 4) is 0 Å². The van der Waals surface area contributed by atoms with E-state index >= 15 is 0 Å². The van der Waals surface area contributed by atoms with Gasteiger partial charge < -0.3 is 10.4 Å². The first-order valence-corrected chi connectivity index (χ1v) is 7.41. The van der Waals surface area contributed by atoms with E-state index in [0.29, 0.717) is 18.7 Å². The summed E-state index contributed by atoms with van der Waals surface area (Å²) in [6, 6.07) is 6.16. The van der Waals surface area contributed by atoms with E-state index in [1.54, 1.807) is 17.8 Å². The summed E-state index contributed by atoms with van der Waals surface area (Å²) in [6.07, 6.45) is 2.32. The van der Waals surface area contributed by atoms with Crippen LogP contribution < -0.4 is 10.2 Å². The van der Waals surface area contributed by atoms with Crippen molar-refractivity contribution in [2.24, 2.45) is 0 Å². The Morgan fingerprint density at radius 2 is 2.21 bits per heavy atom. The summed E-state index contributed by atoms with van der Waals surface area (Å²) in [5.41, 5.74) is 1.59. The Kier molecular flexibility index (Phi) is 4.31. The van der Waals surface area contributed by atoms with Crippen molar-refractivity contribution in [2.45, 2.75) is 12.5 Å². The Labute approximate surface area is 116 Å². The Morgan fingerprint density at radius 1 is 1.47 bits per heavy atom. The Morgan fingerprint density at radius 3 is 2.89 bits per heavy atom. The highest BCUT2D eigenvalue weighted by Crippen LogP contribution is 2.32. The van der Waals surface area contributed by atoms with Crippen molar-refractivity contribution in [3.05, 3.63) is 29.8 Å². The summed E-state index contributed by atoms with van der Waals surface area (Å²) in [5, 5.41) is 12.0. The van der Waals surface area contributed by atoms with Crippen LogP contribution in [0.5, 0.6) is 0 Å². The summed E-state index contributed by atoms with van der Waals surface area (Å²) >= 11 is 1.63. The van der Waals surface area contributed by atoms with Crippen LogP contribution in [-0.4, -0.2) is 41.7 Å². The van der Waals surface area contributed by atoms with Gasteiger partial charge in [0.2, 0.25) is 0 Å². The molecule has 5 nitrogen and oxygen atoms in total. The summed E-state index contributed by atoms with van der Waals surface area (Å²) in [5.74, 6) is -0.171. The number of hydrogen-bond acceptors (Lipinski definition) is 3. The number of para-hydroxylation sites is 1. The maximum Gasteiger partial charge on any atom is 0.327 e. The van der Waals surface area contributed by atoms with Crippen molar-refractivity contribution in [3.63, 3.8) is 0 Å². The number of rotatable bonds is 4. The Hall–Kier alpha value is -1.69. The Balaban J connectivity index is 2.19. The van der Waals surface area contributed by atoms with Gasteiger partial charge in [-0.2, -0.15) is 11.8 Å². The quantitative estimate of drug-likeness (QED) is 0.822. The molecule has 0 aromatic heterocycles. The average molecular weight is 280 g/mol. The molecule has 0 spiro atoms. The average Bonchev–Trinajstić information content (AvgIpc) is 2.78. The van der Waals surface area contributed by atoms with Gasteiger partial charge in [0, 0.05) is 24.4 Å². The lowest BCUT2D eigenvalue weighted by atomic mass is 10.1. The van der Waals surface area contributed by atoms with Crippen molar-refractivity contribution in [2.75, 3.05) is 23.5 Å². The van der Waals surface area contributed by atoms with Crippen molar-refractivity contribution >= 4 is 29.4 Å². The zero-order chi connectivity index (χ0) is 13.8. The van der Waals surface area contributed by atoms with Gasteiger partial charge in [-0.15, -0.1) is 0 Å². The van der Waals surface area contributed by atoms with Gasteiger partial charge in [-0.25, -0.2) is 9.59 Å². The second-order valence-electron chi connectivity index (χ2n) is 4.28. The van der Waals surface area contributed by atoms with Crippen LogP contribution in [0.1, 0.15) is 5.56 Å². The minimum atomic E-state index is -0.976. The van der Waals surface area contributed by atoms with Gasteiger partial charge in [-0.3, -0.25) is 4.90 Å². The minimum absolute atomic E-state index is 0.341. The van der Waals surface area contributed by atoms with Crippen LogP contribution in [0, 0.1) is 0 Å². The number of carboxylic acids is 1. The molecule has 1 aliphatic heterocycles. The van der Waals surface area contributed by atoms with E-state index in [4.69, 9.17) is 0 Å². The summed E-state index contributed by atoms with van der Waals surface area (Å²) < 4.78 is 0. The largest absolute Gasteiger partial charge is 0.480 e. The fourth-order valence-corrected chi connectivity index (χ4v) is 2.49. The first-order valence-electron chi connectivity index (χ1n) is 6.02. The number of thioether (sulfide) groups is 1. The fourth-order valence-electron chi connectivity index (χ4n) is 2.18. The number of hydrogen-bond donors (Lipinski definition) is 2. The predicted molar refractivity (Wildman–Crippen MR) is 75.8 cm³/mol. The van der Waals surface area contributed by atoms with E-state index in [1.165, 1.54) is 4.90 Å². The van der Waals surface area contributed by atoms with Crippen LogP contribution in [0.2, 0.25) is 0 Å². The van der Waals surface area contributed by atoms with Crippen molar-refractivity contribution in [1.29, 1.82) is 0 Å². The van der Waals surface area contributed by atoms with Gasteiger partial charge in [0.05, 0.1) is 0 Å². The highest BCUT2D eigenvalue weighted by molar-refractivity contribution is 7.98. The molecular formula is C13H16N2O3S. The highest BCUT2D eigenvalue weighted by Gasteiger charge is 2.38. The van der Waals surface area contributed by atoms with E-state index in [0.717, 1.165) is 11.3 Å². The van der Waals surface area contributed by atoms with E-state index in [-0.39, 0.29) is 6.03 Å². The molecule has 1 aromatic rings. The first-order chi connectivity index (χ1) is 9.15. The molecule has 102 valence electrons. The number of amides is 2. The van der Waals surface area contributed by atoms with Crippen LogP contribution >= 0.6 is 11.8 Å². The number of benzene rings is 1. The number of carboxylic acid groups (broad SMARTS) is 1. The third kappa shape index (κ3) is 2.84. The fraction of sp³-hybridized carbons (Fsp3) is 0.385. The van der Waals surface area contributed by atoms with Crippen LogP contribution in [-0.2, 0) is 11.2 Å². The second-order valence-corrected chi connectivity index (χ2v) is 5.27. The third-order valence-corrected chi connectivity index (χ3v) is 3.67. The van der Waals surface area contributed by atoms with Gasteiger partial charge >= 0.3 is 12.0 Å². The second kappa shape index (κ2) is 5.97. The standard InChI is InChI=1S/C13H16N2O3S/c1-19-7-6-14-13(18)15-10-5-3-2-4-9(10)8-11(15)12(16)17/h2-5,11H,6-8H2,1H3,(H,14,18)(H,16,17). The molecule has 2 N–H and O–H groups in total. The van der Waals surface area contributed by atoms with Crippen molar-refractivity contribution in [1.82, 2.24) is 5.32 Å². The van der Waals surface area contributed by atoms with E-state index in [1.807, 2.05) is 24.5 Å². The normalized spacial score (nSPS) is 17.1. The predicted octanol–water partition coefficient (Wildman–Crippen LogP) is 1.57. The van der Waals surface area contributed by atoms with Gasteiger partial charge in [-0.05, 0) is 17.9 Å². The van der Waals surface area contributed by atoms with Gasteiger partial charge in [-0.1, -0.05) is 18.2 Å². The van der Waals surface area contributed by atoms with Crippen LogP contribution in [0.15, 0.2) is 24.3 Å². The molecule has 0 radical (unpaired) electrons. The number of carbonyl (C=O) groups excluding carboxylic acids is 1. The number of nitrogens with one attached hydrogen (secondary N) is 1. The number of carbonyl (C=O) groups is 2. The molecule has 0 aliphatic carbocycles. The molecule has 0 fully saturated rings. The van der Waals surface area contributed by atoms with Crippen molar-refractivity contribution < 1.29 is 14.7 Å². The smallest absolute Gasteiger partial charge is 0.327 e. The number of nitrogens with zero attached hydrogens (tertiary/aromatic N) is 1. The molecule has 0 saturated carbocycles. The lowest BCUT2D eigenvalue weighted by Crippen LogP contribution is -2.48. The monoisotopic (exact) mass is 280 g/mol. The van der Waals surface area contributed by atoms with E-state index in [2.05, 4.69) is 5.32 Å². The molecule has 19 heavy (non-hydrogen) atoms. The molecule has 6 heteroatoms. The maximum absolute atomic E-state index is 12.1. The number of aliphatic carboxylic acids is 1. The molecule has 2 rings (SSSR count). The van der Waals surface area contributed by atoms with Crippen LogP contribution in [0.4, 0.5) is 10.5 Å². The highest BCUT2D eigenvalue weighted by atomic mass is 32.2. The molecule has 0 saturated heterocycles. The van der Waals surface area contributed by atoms with Gasteiger partial charge in [0.1, 0.15) is 6.04 Å². The number of urea groups is 1. The molecule has 1 unspecified atom stereocenters. The topological polar surface area (TPSA) is 69.6 Å². The van der Waals surface area contributed by atoms with Crippen LogP contribution in [0.3, 0.4) is 0 Å². The van der Waals surface area contributed by atoms with Gasteiger partial charge in [0.15, 0.2) is 0 Å². The summed E-state index contributed by atoms with van der Waals surface area (Å²) in [7, 11) is 0. The molecule has 1 atom stereocenters.